The van der Waals surface area contributed by atoms with E-state index in [1.807, 2.05) is 11.8 Å². The van der Waals surface area contributed by atoms with E-state index in [0.717, 1.165) is 19.4 Å². The van der Waals surface area contributed by atoms with E-state index < -0.39 is 0 Å². The Morgan fingerprint density at radius 1 is 1.60 bits per heavy atom. The summed E-state index contributed by atoms with van der Waals surface area (Å²) in [5, 5.41) is 3.48. The third-order valence-corrected chi connectivity index (χ3v) is 3.53. The maximum Gasteiger partial charge on any atom is 0.255 e. The molecule has 1 heterocycles. The molecule has 0 aliphatic heterocycles. The van der Waals surface area contributed by atoms with Crippen molar-refractivity contribution in [2.75, 3.05) is 32.1 Å². The van der Waals surface area contributed by atoms with Gasteiger partial charge in [0.25, 0.3) is 5.91 Å². The molecule has 1 amide bonds. The van der Waals surface area contributed by atoms with Crippen molar-refractivity contribution in [1.29, 1.82) is 0 Å². The number of halogens is 1. The van der Waals surface area contributed by atoms with Crippen LogP contribution in [-0.4, -0.2) is 48.6 Å². The molecule has 0 bridgehead atoms. The van der Waals surface area contributed by atoms with Gasteiger partial charge in [0.2, 0.25) is 0 Å². The van der Waals surface area contributed by atoms with Crippen molar-refractivity contribution in [2.24, 2.45) is 0 Å². The largest absolute Gasteiger partial charge is 0.383 e. The molecule has 20 heavy (non-hydrogen) atoms. The number of carbonyl (C=O) groups is 1. The van der Waals surface area contributed by atoms with Crippen molar-refractivity contribution in [3.05, 3.63) is 22.8 Å². The van der Waals surface area contributed by atoms with Crippen molar-refractivity contribution in [3.8, 4) is 0 Å². The zero-order valence-electron chi connectivity index (χ0n) is 11.9. The molecule has 2 rings (SSSR count). The van der Waals surface area contributed by atoms with Crippen LogP contribution >= 0.6 is 11.6 Å². The highest BCUT2D eigenvalue weighted by Gasteiger charge is 2.33. The average Bonchev–Trinajstić information content (AvgIpc) is 3.26. The summed E-state index contributed by atoms with van der Waals surface area (Å²) < 4.78 is 5.08. The third kappa shape index (κ3) is 3.61. The van der Waals surface area contributed by atoms with E-state index >= 15 is 0 Å². The first-order chi connectivity index (χ1) is 9.67. The van der Waals surface area contributed by atoms with Crippen LogP contribution in [0.1, 0.15) is 30.1 Å². The minimum absolute atomic E-state index is 0.0453. The summed E-state index contributed by atoms with van der Waals surface area (Å²) in [7, 11) is 1.64. The molecule has 1 aromatic heterocycles. The Labute approximate surface area is 124 Å². The zero-order valence-corrected chi connectivity index (χ0v) is 12.6. The molecule has 1 aliphatic carbocycles. The second-order valence-electron chi connectivity index (χ2n) is 4.80. The van der Waals surface area contributed by atoms with Crippen molar-refractivity contribution < 1.29 is 9.53 Å². The van der Waals surface area contributed by atoms with Gasteiger partial charge < -0.3 is 15.0 Å². The van der Waals surface area contributed by atoms with Crippen LogP contribution in [0.4, 0.5) is 5.82 Å². The second kappa shape index (κ2) is 6.90. The number of anilines is 1. The fourth-order valence-corrected chi connectivity index (χ4v) is 2.25. The third-order valence-electron chi connectivity index (χ3n) is 3.23. The molecule has 0 saturated heterocycles. The smallest absolute Gasteiger partial charge is 0.255 e. The van der Waals surface area contributed by atoms with E-state index in [9.17, 15) is 4.79 Å². The molecule has 1 aliphatic rings. The Kier molecular flexibility index (Phi) is 5.20. The molecule has 1 aromatic rings. The molecule has 1 N–H and O–H groups in total. The number of hydrogen-bond acceptors (Lipinski definition) is 4. The summed E-state index contributed by atoms with van der Waals surface area (Å²) in [4.78, 5) is 18.6. The van der Waals surface area contributed by atoms with Gasteiger partial charge in [-0.2, -0.15) is 0 Å². The standard InChI is InChI=1S/C14H20ClN3O2/c1-3-16-13-8-11(12(15)9-17-13)14(19)18(6-7-20-2)10-4-5-10/h8-10H,3-7H2,1-2H3,(H,16,17). The molecule has 0 radical (unpaired) electrons. The summed E-state index contributed by atoms with van der Waals surface area (Å²) in [6, 6.07) is 2.04. The van der Waals surface area contributed by atoms with Crippen LogP contribution in [0, 0.1) is 0 Å². The lowest BCUT2D eigenvalue weighted by Crippen LogP contribution is -2.36. The van der Waals surface area contributed by atoms with E-state index in [0.29, 0.717) is 35.6 Å². The fraction of sp³-hybridized carbons (Fsp3) is 0.571. The topological polar surface area (TPSA) is 54.5 Å². The van der Waals surface area contributed by atoms with Crippen LogP contribution in [0.15, 0.2) is 12.3 Å². The minimum Gasteiger partial charge on any atom is -0.383 e. The summed E-state index contributed by atoms with van der Waals surface area (Å²) >= 11 is 6.13. The summed E-state index contributed by atoms with van der Waals surface area (Å²) in [6.45, 7) is 3.85. The lowest BCUT2D eigenvalue weighted by atomic mass is 10.2. The van der Waals surface area contributed by atoms with E-state index in [1.165, 1.54) is 6.20 Å². The first kappa shape index (κ1) is 15.1. The highest BCUT2D eigenvalue weighted by Crippen LogP contribution is 2.30. The lowest BCUT2D eigenvalue weighted by Gasteiger charge is -2.22. The summed E-state index contributed by atoms with van der Waals surface area (Å²) in [6.07, 6.45) is 3.63. The van der Waals surface area contributed by atoms with Gasteiger partial charge >= 0.3 is 0 Å². The van der Waals surface area contributed by atoms with Gasteiger partial charge in [0.1, 0.15) is 5.82 Å². The van der Waals surface area contributed by atoms with Gasteiger partial charge in [0.05, 0.1) is 17.2 Å². The molecule has 1 saturated carbocycles. The van der Waals surface area contributed by atoms with Gasteiger partial charge in [-0.25, -0.2) is 4.98 Å². The van der Waals surface area contributed by atoms with Gasteiger partial charge in [-0.15, -0.1) is 0 Å². The molecule has 1 fully saturated rings. The number of hydrogen-bond donors (Lipinski definition) is 1. The summed E-state index contributed by atoms with van der Waals surface area (Å²) in [5.41, 5.74) is 0.501. The van der Waals surface area contributed by atoms with E-state index in [1.54, 1.807) is 13.2 Å². The monoisotopic (exact) mass is 297 g/mol. The van der Waals surface area contributed by atoms with Crippen LogP contribution in [0.2, 0.25) is 5.02 Å². The molecule has 0 spiro atoms. The Balaban J connectivity index is 2.18. The molecule has 0 aromatic carbocycles. The van der Waals surface area contributed by atoms with Crippen molar-refractivity contribution in [3.63, 3.8) is 0 Å². The number of carbonyl (C=O) groups excluding carboxylic acids is 1. The van der Waals surface area contributed by atoms with Crippen LogP contribution in [0.3, 0.4) is 0 Å². The predicted molar refractivity (Wildman–Crippen MR) is 79.3 cm³/mol. The maximum atomic E-state index is 12.6. The van der Waals surface area contributed by atoms with E-state index in [-0.39, 0.29) is 5.91 Å². The van der Waals surface area contributed by atoms with Crippen LogP contribution in [0.5, 0.6) is 0 Å². The number of amides is 1. The van der Waals surface area contributed by atoms with Crippen molar-refractivity contribution in [1.82, 2.24) is 9.88 Å². The highest BCUT2D eigenvalue weighted by molar-refractivity contribution is 6.33. The molecular formula is C14H20ClN3O2. The molecule has 110 valence electrons. The summed E-state index contributed by atoms with van der Waals surface area (Å²) in [5.74, 6) is 0.624. The van der Waals surface area contributed by atoms with E-state index in [4.69, 9.17) is 16.3 Å². The molecule has 0 unspecified atom stereocenters. The molecule has 0 atom stereocenters. The Hall–Kier alpha value is -1.33. The maximum absolute atomic E-state index is 12.6. The molecular weight excluding hydrogens is 278 g/mol. The zero-order chi connectivity index (χ0) is 14.5. The van der Waals surface area contributed by atoms with E-state index in [2.05, 4.69) is 10.3 Å². The fourth-order valence-electron chi connectivity index (χ4n) is 2.06. The SMILES string of the molecule is CCNc1cc(C(=O)N(CCOC)C2CC2)c(Cl)cn1. The van der Waals surface area contributed by atoms with Crippen LogP contribution < -0.4 is 5.32 Å². The number of pyridine rings is 1. The Bertz CT molecular complexity index is 477. The number of methoxy groups -OCH3 is 1. The first-order valence-electron chi connectivity index (χ1n) is 6.86. The van der Waals surface area contributed by atoms with Crippen LogP contribution in [-0.2, 0) is 4.74 Å². The van der Waals surface area contributed by atoms with Crippen molar-refractivity contribution >= 4 is 23.3 Å². The minimum atomic E-state index is -0.0453. The number of nitrogens with one attached hydrogen (secondary N) is 1. The molecule has 5 nitrogen and oxygen atoms in total. The normalized spacial score (nSPS) is 14.2. The van der Waals surface area contributed by atoms with Gasteiger partial charge in [0, 0.05) is 32.4 Å². The Morgan fingerprint density at radius 3 is 2.95 bits per heavy atom. The van der Waals surface area contributed by atoms with Gasteiger partial charge in [-0.05, 0) is 25.8 Å². The highest BCUT2D eigenvalue weighted by atomic mass is 35.5. The quantitative estimate of drug-likeness (QED) is 0.840. The number of ether oxygens (including phenoxy) is 1. The molecule has 6 heteroatoms. The predicted octanol–water partition coefficient (Wildman–Crippen LogP) is 2.42. The average molecular weight is 298 g/mol. The van der Waals surface area contributed by atoms with Gasteiger partial charge in [0.15, 0.2) is 0 Å². The number of nitrogens with zero attached hydrogens (tertiary/aromatic N) is 2. The van der Waals surface area contributed by atoms with Crippen LogP contribution in [0.25, 0.3) is 0 Å². The van der Waals surface area contributed by atoms with Gasteiger partial charge in [-0.3, -0.25) is 4.79 Å². The second-order valence-corrected chi connectivity index (χ2v) is 5.21. The number of rotatable bonds is 7. The van der Waals surface area contributed by atoms with Crippen molar-refractivity contribution in [2.45, 2.75) is 25.8 Å². The number of aromatic nitrogens is 1. The lowest BCUT2D eigenvalue weighted by molar-refractivity contribution is 0.0680. The Morgan fingerprint density at radius 2 is 2.35 bits per heavy atom. The first-order valence-corrected chi connectivity index (χ1v) is 7.24. The van der Waals surface area contributed by atoms with Gasteiger partial charge in [-0.1, -0.05) is 11.6 Å².